The monoisotopic (exact) mass is 308 g/mol. The van der Waals surface area contributed by atoms with E-state index in [4.69, 9.17) is 4.74 Å². The minimum absolute atomic E-state index is 0.259. The van der Waals surface area contributed by atoms with Crippen LogP contribution < -0.4 is 4.74 Å². The van der Waals surface area contributed by atoms with Gasteiger partial charge in [0.15, 0.2) is 0 Å². The fourth-order valence-corrected chi connectivity index (χ4v) is 2.08. The van der Waals surface area contributed by atoms with E-state index in [1.807, 2.05) is 26.0 Å². The normalized spacial score (nSPS) is 10.4. The summed E-state index contributed by atoms with van der Waals surface area (Å²) in [5.41, 5.74) is 3.20. The zero-order valence-corrected chi connectivity index (χ0v) is 11.9. The lowest BCUT2D eigenvalue weighted by Crippen LogP contribution is -1.98. The first-order valence-corrected chi connectivity index (χ1v) is 6.49. The summed E-state index contributed by atoms with van der Waals surface area (Å²) in [7, 11) is 0. The lowest BCUT2D eigenvalue weighted by Gasteiger charge is -2.10. The van der Waals surface area contributed by atoms with Crippen LogP contribution in [-0.4, -0.2) is 0 Å². The maximum absolute atomic E-state index is 13.1. The topological polar surface area (TPSA) is 9.23 Å². The Labute approximate surface area is 115 Å². The van der Waals surface area contributed by atoms with Gasteiger partial charge in [-0.2, -0.15) is 0 Å². The van der Waals surface area contributed by atoms with Crippen LogP contribution in [0.4, 0.5) is 4.39 Å². The minimum Gasteiger partial charge on any atom is -0.489 e. The first-order valence-electron chi connectivity index (χ1n) is 5.70. The lowest BCUT2D eigenvalue weighted by atomic mass is 10.1. The highest BCUT2D eigenvalue weighted by Crippen LogP contribution is 2.22. The van der Waals surface area contributed by atoms with E-state index in [0.29, 0.717) is 11.1 Å². The molecule has 0 bridgehead atoms. The third-order valence-electron chi connectivity index (χ3n) is 2.72. The first kappa shape index (κ1) is 13.1. The number of hydrogen-bond donors (Lipinski definition) is 0. The van der Waals surface area contributed by atoms with Crippen LogP contribution in [0.3, 0.4) is 0 Å². The fraction of sp³-hybridized carbons (Fsp3) is 0.200. The van der Waals surface area contributed by atoms with Gasteiger partial charge in [0.1, 0.15) is 18.2 Å². The van der Waals surface area contributed by atoms with Crippen molar-refractivity contribution >= 4 is 15.9 Å². The van der Waals surface area contributed by atoms with Crippen LogP contribution in [0.5, 0.6) is 5.75 Å². The van der Waals surface area contributed by atoms with Gasteiger partial charge in [-0.15, -0.1) is 0 Å². The molecule has 0 aliphatic rings. The second-order valence-corrected chi connectivity index (χ2v) is 5.16. The zero-order valence-electron chi connectivity index (χ0n) is 10.3. The molecule has 0 heterocycles. The highest BCUT2D eigenvalue weighted by atomic mass is 79.9. The third kappa shape index (κ3) is 3.10. The second kappa shape index (κ2) is 5.53. The molecule has 0 saturated carbocycles. The summed E-state index contributed by atoms with van der Waals surface area (Å²) < 4.78 is 19.3. The zero-order chi connectivity index (χ0) is 13.1. The van der Waals surface area contributed by atoms with Crippen molar-refractivity contribution in [1.29, 1.82) is 0 Å². The van der Waals surface area contributed by atoms with Crippen molar-refractivity contribution in [3.63, 3.8) is 0 Å². The van der Waals surface area contributed by atoms with E-state index in [0.717, 1.165) is 22.4 Å². The van der Waals surface area contributed by atoms with Gasteiger partial charge in [-0.25, -0.2) is 4.39 Å². The van der Waals surface area contributed by atoms with Gasteiger partial charge in [-0.3, -0.25) is 0 Å². The Hall–Kier alpha value is -1.35. The molecule has 2 rings (SSSR count). The molecular formula is C15H14BrFO. The summed E-state index contributed by atoms with van der Waals surface area (Å²) in [4.78, 5) is 0. The fourth-order valence-electron chi connectivity index (χ4n) is 1.65. The number of halogens is 2. The Morgan fingerprint density at radius 3 is 2.61 bits per heavy atom. The molecule has 94 valence electrons. The number of rotatable bonds is 3. The van der Waals surface area contributed by atoms with Crippen LogP contribution in [-0.2, 0) is 6.61 Å². The van der Waals surface area contributed by atoms with Crippen LogP contribution >= 0.6 is 15.9 Å². The van der Waals surface area contributed by atoms with Gasteiger partial charge in [-0.05, 0) is 64.7 Å². The van der Waals surface area contributed by atoms with Crippen molar-refractivity contribution in [1.82, 2.24) is 0 Å². The van der Waals surface area contributed by atoms with E-state index in [-0.39, 0.29) is 5.82 Å². The minimum atomic E-state index is -0.259. The second-order valence-electron chi connectivity index (χ2n) is 4.31. The molecule has 0 fully saturated rings. The molecule has 0 atom stereocenters. The molecule has 0 amide bonds. The van der Waals surface area contributed by atoms with Crippen LogP contribution in [0.2, 0.25) is 0 Å². The Kier molecular flexibility index (Phi) is 4.02. The SMILES string of the molecule is Cc1ccc(C)c(OCc2ccc(F)c(Br)c2)c1. The molecule has 0 unspecified atom stereocenters. The van der Waals surface area contributed by atoms with Gasteiger partial charge >= 0.3 is 0 Å². The van der Waals surface area contributed by atoms with Crippen LogP contribution in [0, 0.1) is 19.7 Å². The molecule has 0 spiro atoms. The van der Waals surface area contributed by atoms with Gasteiger partial charge in [0.2, 0.25) is 0 Å². The van der Waals surface area contributed by atoms with E-state index in [1.165, 1.54) is 6.07 Å². The molecule has 2 aromatic rings. The average Bonchev–Trinajstić information content (AvgIpc) is 2.34. The van der Waals surface area contributed by atoms with Gasteiger partial charge in [0, 0.05) is 0 Å². The molecule has 0 aliphatic heterocycles. The van der Waals surface area contributed by atoms with Crippen molar-refractivity contribution < 1.29 is 9.13 Å². The molecule has 0 aromatic heterocycles. The Balaban J connectivity index is 2.11. The maximum Gasteiger partial charge on any atom is 0.137 e. The highest BCUT2D eigenvalue weighted by Gasteiger charge is 2.03. The highest BCUT2D eigenvalue weighted by molar-refractivity contribution is 9.10. The molecule has 0 saturated heterocycles. The molecule has 0 radical (unpaired) electrons. The quantitative estimate of drug-likeness (QED) is 0.792. The van der Waals surface area contributed by atoms with E-state index < -0.39 is 0 Å². The first-order chi connectivity index (χ1) is 8.56. The molecular weight excluding hydrogens is 295 g/mol. The van der Waals surface area contributed by atoms with Gasteiger partial charge in [0.25, 0.3) is 0 Å². The Bertz CT molecular complexity index is 566. The van der Waals surface area contributed by atoms with Gasteiger partial charge in [-0.1, -0.05) is 18.2 Å². The molecule has 3 heteroatoms. The van der Waals surface area contributed by atoms with Crippen molar-refractivity contribution in [2.75, 3.05) is 0 Å². The van der Waals surface area contributed by atoms with E-state index in [1.54, 1.807) is 12.1 Å². The lowest BCUT2D eigenvalue weighted by molar-refractivity contribution is 0.303. The largest absolute Gasteiger partial charge is 0.489 e. The average molecular weight is 309 g/mol. The maximum atomic E-state index is 13.1. The molecule has 0 N–H and O–H groups in total. The Morgan fingerprint density at radius 2 is 1.89 bits per heavy atom. The molecule has 1 nitrogen and oxygen atoms in total. The van der Waals surface area contributed by atoms with Crippen molar-refractivity contribution in [3.05, 3.63) is 63.4 Å². The smallest absolute Gasteiger partial charge is 0.137 e. The number of ether oxygens (including phenoxy) is 1. The molecule has 18 heavy (non-hydrogen) atoms. The van der Waals surface area contributed by atoms with Crippen molar-refractivity contribution in [3.8, 4) is 5.75 Å². The van der Waals surface area contributed by atoms with Crippen LogP contribution in [0.15, 0.2) is 40.9 Å². The van der Waals surface area contributed by atoms with Gasteiger partial charge in [0.05, 0.1) is 4.47 Å². The third-order valence-corrected chi connectivity index (χ3v) is 3.33. The van der Waals surface area contributed by atoms with E-state index in [9.17, 15) is 4.39 Å². The summed E-state index contributed by atoms with van der Waals surface area (Å²) in [5, 5.41) is 0. The number of hydrogen-bond acceptors (Lipinski definition) is 1. The van der Waals surface area contributed by atoms with Crippen LogP contribution in [0.1, 0.15) is 16.7 Å². The van der Waals surface area contributed by atoms with Crippen molar-refractivity contribution in [2.45, 2.75) is 20.5 Å². The summed E-state index contributed by atoms with van der Waals surface area (Å²) in [5.74, 6) is 0.612. The predicted molar refractivity (Wildman–Crippen MR) is 74.3 cm³/mol. The summed E-state index contributed by atoms with van der Waals surface area (Å²) >= 11 is 3.17. The summed E-state index contributed by atoms with van der Waals surface area (Å²) in [6, 6.07) is 11.0. The van der Waals surface area contributed by atoms with E-state index in [2.05, 4.69) is 22.0 Å². The molecule has 0 aliphatic carbocycles. The van der Waals surface area contributed by atoms with E-state index >= 15 is 0 Å². The standard InChI is InChI=1S/C15H14BrFO/c1-10-3-4-11(2)15(7-10)18-9-12-5-6-14(17)13(16)8-12/h3-8H,9H2,1-2H3. The number of aryl methyl sites for hydroxylation is 2. The van der Waals surface area contributed by atoms with Crippen LogP contribution in [0.25, 0.3) is 0 Å². The number of benzene rings is 2. The summed E-state index contributed by atoms with van der Waals surface area (Å²) in [6.07, 6.45) is 0. The van der Waals surface area contributed by atoms with Crippen molar-refractivity contribution in [2.24, 2.45) is 0 Å². The van der Waals surface area contributed by atoms with Gasteiger partial charge < -0.3 is 4.74 Å². The predicted octanol–water partition coefficient (Wildman–Crippen LogP) is 4.78. The Morgan fingerprint density at radius 1 is 1.11 bits per heavy atom. The summed E-state index contributed by atoms with van der Waals surface area (Å²) in [6.45, 7) is 4.47. The molecule has 2 aromatic carbocycles.